The van der Waals surface area contributed by atoms with Gasteiger partial charge in [0.2, 0.25) is 0 Å². The Hall–Kier alpha value is -2.63. The van der Waals surface area contributed by atoms with Crippen molar-refractivity contribution in [3.63, 3.8) is 0 Å². The number of carboxylic acid groups (broad SMARTS) is 1. The summed E-state index contributed by atoms with van der Waals surface area (Å²) < 4.78 is 4.51. The van der Waals surface area contributed by atoms with E-state index < -0.39 is 31.1 Å². The van der Waals surface area contributed by atoms with E-state index in [1.165, 1.54) is 18.2 Å². The monoisotopic (exact) mass is 311 g/mol. The molecule has 8 nitrogen and oxygen atoms in total. The van der Waals surface area contributed by atoms with Crippen LogP contribution in [-0.4, -0.2) is 36.2 Å². The van der Waals surface area contributed by atoms with Gasteiger partial charge in [-0.05, 0) is 18.2 Å². The number of imide groups is 1. The summed E-state index contributed by atoms with van der Waals surface area (Å²) in [5.41, 5.74) is 0.538. The van der Waals surface area contributed by atoms with E-state index in [0.717, 1.165) is 0 Å². The van der Waals surface area contributed by atoms with Crippen LogP contribution in [0.3, 0.4) is 0 Å². The fourth-order valence-corrected chi connectivity index (χ4v) is 1.46. The molecule has 110 valence electrons. The van der Waals surface area contributed by atoms with Crippen molar-refractivity contribution in [1.29, 1.82) is 5.26 Å². The van der Waals surface area contributed by atoms with Crippen molar-refractivity contribution in [2.24, 2.45) is 0 Å². The maximum atomic E-state index is 11.5. The first-order valence-electron chi connectivity index (χ1n) is 5.52. The number of hydrogen-bond donors (Lipinski definition) is 3. The third-order valence-corrected chi connectivity index (χ3v) is 2.37. The molecule has 0 atom stereocenters. The van der Waals surface area contributed by atoms with Crippen molar-refractivity contribution in [2.45, 2.75) is 0 Å². The van der Waals surface area contributed by atoms with Crippen LogP contribution in [0.25, 0.3) is 0 Å². The number of nitriles is 1. The quantitative estimate of drug-likeness (QED) is 0.743. The van der Waals surface area contributed by atoms with Crippen molar-refractivity contribution in [1.82, 2.24) is 5.32 Å². The second-order valence-corrected chi connectivity index (χ2v) is 4.10. The SMILES string of the molecule is N#Cc1ccc(NC(=O)NC(=O)COCC(=O)O)c(Cl)c1. The average Bonchev–Trinajstić information content (AvgIpc) is 2.40. The zero-order chi connectivity index (χ0) is 15.8. The van der Waals surface area contributed by atoms with E-state index >= 15 is 0 Å². The number of nitrogens with zero attached hydrogens (tertiary/aromatic N) is 1. The molecule has 1 aromatic carbocycles. The summed E-state index contributed by atoms with van der Waals surface area (Å²) in [7, 11) is 0. The number of carbonyl (C=O) groups is 3. The zero-order valence-electron chi connectivity index (χ0n) is 10.6. The van der Waals surface area contributed by atoms with Gasteiger partial charge >= 0.3 is 12.0 Å². The summed E-state index contributed by atoms with van der Waals surface area (Å²) >= 11 is 5.84. The topological polar surface area (TPSA) is 129 Å². The third-order valence-electron chi connectivity index (χ3n) is 2.06. The van der Waals surface area contributed by atoms with Crippen LogP contribution in [0.15, 0.2) is 18.2 Å². The lowest BCUT2D eigenvalue weighted by Gasteiger charge is -2.08. The van der Waals surface area contributed by atoms with E-state index in [1.54, 1.807) is 0 Å². The van der Waals surface area contributed by atoms with Crippen LogP contribution in [0.1, 0.15) is 5.56 Å². The Labute approximate surface area is 124 Å². The Morgan fingerprint density at radius 2 is 2.05 bits per heavy atom. The largest absolute Gasteiger partial charge is 0.480 e. The summed E-state index contributed by atoms with van der Waals surface area (Å²) in [4.78, 5) is 32.9. The van der Waals surface area contributed by atoms with Crippen molar-refractivity contribution in [2.75, 3.05) is 18.5 Å². The van der Waals surface area contributed by atoms with E-state index in [4.69, 9.17) is 22.0 Å². The summed E-state index contributed by atoms with van der Waals surface area (Å²) in [6, 6.07) is 5.23. The molecule has 1 rings (SSSR count). The fraction of sp³-hybridized carbons (Fsp3) is 0.167. The van der Waals surface area contributed by atoms with E-state index in [2.05, 4.69) is 10.1 Å². The van der Waals surface area contributed by atoms with Crippen LogP contribution in [0.2, 0.25) is 5.02 Å². The minimum atomic E-state index is -1.23. The molecule has 9 heteroatoms. The van der Waals surface area contributed by atoms with Crippen LogP contribution in [0.4, 0.5) is 10.5 Å². The predicted molar refractivity (Wildman–Crippen MR) is 71.8 cm³/mol. The predicted octanol–water partition coefficient (Wildman–Crippen LogP) is 0.961. The van der Waals surface area contributed by atoms with Gasteiger partial charge in [-0.25, -0.2) is 9.59 Å². The number of benzene rings is 1. The highest BCUT2D eigenvalue weighted by molar-refractivity contribution is 6.33. The number of anilines is 1. The molecule has 1 aromatic rings. The number of ether oxygens (including phenoxy) is 1. The first-order valence-corrected chi connectivity index (χ1v) is 5.90. The molecule has 0 saturated carbocycles. The van der Waals surface area contributed by atoms with E-state index in [0.29, 0.717) is 5.56 Å². The molecule has 0 radical (unpaired) electrons. The van der Waals surface area contributed by atoms with Gasteiger partial charge in [0.25, 0.3) is 5.91 Å². The summed E-state index contributed by atoms with van der Waals surface area (Å²) in [6.07, 6.45) is 0. The number of rotatable bonds is 5. The number of nitrogens with one attached hydrogen (secondary N) is 2. The number of aliphatic carboxylic acids is 1. The Bertz CT molecular complexity index is 611. The number of halogens is 1. The maximum absolute atomic E-state index is 11.5. The minimum Gasteiger partial charge on any atom is -0.480 e. The van der Waals surface area contributed by atoms with Crippen molar-refractivity contribution in [3.8, 4) is 6.07 Å². The highest BCUT2D eigenvalue weighted by Crippen LogP contribution is 2.22. The molecule has 0 unspecified atom stereocenters. The first kappa shape index (κ1) is 16.4. The Kier molecular flexibility index (Phi) is 6.13. The molecule has 0 aliphatic heterocycles. The van der Waals surface area contributed by atoms with Gasteiger partial charge in [-0.1, -0.05) is 11.6 Å². The van der Waals surface area contributed by atoms with E-state index in [-0.39, 0.29) is 10.7 Å². The Balaban J connectivity index is 2.48. The summed E-state index contributed by atoms with van der Waals surface area (Å²) in [6.45, 7) is -1.21. The molecule has 3 amide bonds. The molecule has 0 aromatic heterocycles. The fourth-order valence-electron chi connectivity index (χ4n) is 1.23. The van der Waals surface area contributed by atoms with Gasteiger partial charge < -0.3 is 15.2 Å². The lowest BCUT2D eigenvalue weighted by Crippen LogP contribution is -2.37. The molecule has 21 heavy (non-hydrogen) atoms. The molecule has 0 fully saturated rings. The Morgan fingerprint density at radius 3 is 2.62 bits per heavy atom. The second-order valence-electron chi connectivity index (χ2n) is 3.70. The molecular formula is C12H10ClN3O5. The van der Waals surface area contributed by atoms with Crippen LogP contribution in [0.5, 0.6) is 0 Å². The average molecular weight is 312 g/mol. The second kappa shape index (κ2) is 7.84. The van der Waals surface area contributed by atoms with E-state index in [9.17, 15) is 14.4 Å². The van der Waals surface area contributed by atoms with Crippen LogP contribution < -0.4 is 10.6 Å². The van der Waals surface area contributed by atoms with Crippen LogP contribution in [-0.2, 0) is 14.3 Å². The lowest BCUT2D eigenvalue weighted by molar-refractivity contribution is -0.143. The molecule has 0 saturated heterocycles. The number of carboxylic acids is 1. The van der Waals surface area contributed by atoms with Gasteiger partial charge in [-0.15, -0.1) is 0 Å². The third kappa shape index (κ3) is 5.90. The molecule has 0 spiro atoms. The number of carbonyl (C=O) groups excluding carboxylic acids is 2. The van der Waals surface area contributed by atoms with Gasteiger partial charge in [0.1, 0.15) is 13.2 Å². The van der Waals surface area contributed by atoms with Gasteiger partial charge in [-0.2, -0.15) is 5.26 Å². The smallest absolute Gasteiger partial charge is 0.329 e. The number of hydrogen-bond acceptors (Lipinski definition) is 5. The standard InChI is InChI=1S/C12H10ClN3O5/c13-8-3-7(4-14)1-2-9(8)15-12(20)16-10(17)5-21-6-11(18)19/h1-3H,5-6H2,(H,18,19)(H2,15,16,17,20). The van der Waals surface area contributed by atoms with Crippen molar-refractivity contribution in [3.05, 3.63) is 28.8 Å². The van der Waals surface area contributed by atoms with Gasteiger partial charge in [0.05, 0.1) is 22.3 Å². The summed E-state index contributed by atoms with van der Waals surface area (Å²) in [5, 5.41) is 21.3. The Morgan fingerprint density at radius 1 is 1.33 bits per heavy atom. The van der Waals surface area contributed by atoms with Gasteiger partial charge in [0.15, 0.2) is 0 Å². The molecule has 3 N–H and O–H groups in total. The molecule has 0 aliphatic rings. The normalized spacial score (nSPS) is 9.52. The number of amides is 3. The van der Waals surface area contributed by atoms with Crippen LogP contribution >= 0.6 is 11.6 Å². The lowest BCUT2D eigenvalue weighted by atomic mass is 10.2. The highest BCUT2D eigenvalue weighted by Gasteiger charge is 2.11. The summed E-state index contributed by atoms with van der Waals surface area (Å²) in [5.74, 6) is -2.03. The zero-order valence-corrected chi connectivity index (χ0v) is 11.3. The van der Waals surface area contributed by atoms with E-state index in [1.807, 2.05) is 11.4 Å². The number of urea groups is 1. The molecular weight excluding hydrogens is 302 g/mol. The first-order chi connectivity index (χ1) is 9.92. The van der Waals surface area contributed by atoms with Crippen molar-refractivity contribution >= 4 is 35.2 Å². The van der Waals surface area contributed by atoms with Crippen LogP contribution in [0, 0.1) is 11.3 Å². The molecule has 0 heterocycles. The molecule has 0 bridgehead atoms. The highest BCUT2D eigenvalue weighted by atomic mass is 35.5. The van der Waals surface area contributed by atoms with Gasteiger partial charge in [0, 0.05) is 0 Å². The molecule has 0 aliphatic carbocycles. The minimum absolute atomic E-state index is 0.138. The maximum Gasteiger partial charge on any atom is 0.329 e. The van der Waals surface area contributed by atoms with Gasteiger partial charge in [-0.3, -0.25) is 10.1 Å². The van der Waals surface area contributed by atoms with Crippen molar-refractivity contribution < 1.29 is 24.2 Å².